The molecule has 0 aliphatic carbocycles. The summed E-state index contributed by atoms with van der Waals surface area (Å²) in [4.78, 5) is 2.29. The highest BCUT2D eigenvalue weighted by atomic mass is 35.5. The van der Waals surface area contributed by atoms with Gasteiger partial charge in [0.05, 0.1) is 6.61 Å². The molecule has 0 aliphatic rings. The number of halogens is 1. The largest absolute Gasteiger partial charge is 0.383 e. The van der Waals surface area contributed by atoms with Gasteiger partial charge in [-0.1, -0.05) is 36.7 Å². The smallest absolute Gasteiger partial charge is 0.0589 e. The van der Waals surface area contributed by atoms with Crippen molar-refractivity contribution in [2.24, 2.45) is 0 Å². The first-order valence-electron chi connectivity index (χ1n) is 7.34. The summed E-state index contributed by atoms with van der Waals surface area (Å²) in [6.45, 7) is 5.95. The maximum atomic E-state index is 6.32. The van der Waals surface area contributed by atoms with Crippen LogP contribution in [0.2, 0.25) is 5.02 Å². The molecule has 0 radical (unpaired) electrons. The Hall–Kier alpha value is -0.610. The summed E-state index contributed by atoms with van der Waals surface area (Å²) in [6.07, 6.45) is 2.17. The molecule has 1 aromatic carbocycles. The van der Waals surface area contributed by atoms with Crippen LogP contribution in [0.5, 0.6) is 0 Å². The van der Waals surface area contributed by atoms with Crippen LogP contribution in [-0.2, 0) is 4.74 Å². The fourth-order valence-electron chi connectivity index (χ4n) is 2.15. The normalized spacial score (nSPS) is 12.8. The number of ether oxygens (including phenoxy) is 1. The highest BCUT2D eigenvalue weighted by Crippen LogP contribution is 2.25. The van der Waals surface area contributed by atoms with E-state index in [1.807, 2.05) is 12.1 Å². The lowest BCUT2D eigenvalue weighted by atomic mass is 10.0. The van der Waals surface area contributed by atoms with Crippen molar-refractivity contribution in [2.75, 3.05) is 40.4 Å². The topological polar surface area (TPSA) is 24.5 Å². The Bertz CT molecular complexity index is 373. The summed E-state index contributed by atoms with van der Waals surface area (Å²) in [5.74, 6) is 0. The van der Waals surface area contributed by atoms with Gasteiger partial charge in [-0.15, -0.1) is 0 Å². The number of likely N-dealkylation sites (N-methyl/N-ethyl adjacent to an activating group) is 1. The molecule has 0 aromatic heterocycles. The summed E-state index contributed by atoms with van der Waals surface area (Å²) in [5.41, 5.74) is 1.20. The standard InChI is InChI=1S/C16H27ClN2O/c1-4-10-18-16(9-11-19(2)12-13-20-3)14-7-5-6-8-15(14)17/h5-8,16,18H,4,9-13H2,1-3H3. The Morgan fingerprint density at radius 3 is 2.70 bits per heavy atom. The first kappa shape index (κ1) is 17.4. The Morgan fingerprint density at radius 1 is 1.30 bits per heavy atom. The Labute approximate surface area is 128 Å². The zero-order valence-corrected chi connectivity index (χ0v) is 13.6. The van der Waals surface area contributed by atoms with Crippen LogP contribution in [0, 0.1) is 0 Å². The molecule has 4 heteroatoms. The van der Waals surface area contributed by atoms with Gasteiger partial charge < -0.3 is 15.0 Å². The molecule has 0 saturated carbocycles. The van der Waals surface area contributed by atoms with Gasteiger partial charge in [-0.2, -0.15) is 0 Å². The van der Waals surface area contributed by atoms with E-state index in [2.05, 4.69) is 36.3 Å². The predicted octanol–water partition coefficient (Wildman–Crippen LogP) is 3.35. The molecule has 0 amide bonds. The second kappa shape index (κ2) is 10.2. The van der Waals surface area contributed by atoms with Crippen molar-refractivity contribution in [3.63, 3.8) is 0 Å². The molecule has 1 aromatic rings. The Kier molecular flexibility index (Phi) is 8.86. The van der Waals surface area contributed by atoms with Gasteiger partial charge in [0, 0.05) is 24.7 Å². The molecule has 114 valence electrons. The maximum Gasteiger partial charge on any atom is 0.0589 e. The van der Waals surface area contributed by atoms with Crippen LogP contribution in [0.25, 0.3) is 0 Å². The van der Waals surface area contributed by atoms with Crippen molar-refractivity contribution in [1.29, 1.82) is 0 Å². The fourth-order valence-corrected chi connectivity index (χ4v) is 2.42. The van der Waals surface area contributed by atoms with Crippen LogP contribution < -0.4 is 5.32 Å². The van der Waals surface area contributed by atoms with Crippen LogP contribution in [0.1, 0.15) is 31.4 Å². The molecule has 1 unspecified atom stereocenters. The SMILES string of the molecule is CCCNC(CCN(C)CCOC)c1ccccc1Cl. The molecule has 0 saturated heterocycles. The van der Waals surface area contributed by atoms with Gasteiger partial charge >= 0.3 is 0 Å². The molecule has 0 bridgehead atoms. The molecule has 20 heavy (non-hydrogen) atoms. The van der Waals surface area contributed by atoms with Crippen molar-refractivity contribution < 1.29 is 4.74 Å². The summed E-state index contributed by atoms with van der Waals surface area (Å²) < 4.78 is 5.11. The minimum atomic E-state index is 0.314. The average Bonchev–Trinajstić information content (AvgIpc) is 2.46. The predicted molar refractivity (Wildman–Crippen MR) is 86.5 cm³/mol. The second-order valence-electron chi connectivity index (χ2n) is 5.11. The van der Waals surface area contributed by atoms with E-state index < -0.39 is 0 Å². The third-order valence-corrected chi connectivity index (χ3v) is 3.74. The van der Waals surface area contributed by atoms with Gasteiger partial charge in [-0.3, -0.25) is 0 Å². The molecule has 0 fully saturated rings. The van der Waals surface area contributed by atoms with Crippen LogP contribution in [-0.4, -0.2) is 45.3 Å². The molecule has 0 spiro atoms. The van der Waals surface area contributed by atoms with Crippen LogP contribution in [0.3, 0.4) is 0 Å². The average molecular weight is 299 g/mol. The lowest BCUT2D eigenvalue weighted by Crippen LogP contribution is -2.29. The number of methoxy groups -OCH3 is 1. The first-order chi connectivity index (χ1) is 9.69. The van der Waals surface area contributed by atoms with E-state index in [0.717, 1.165) is 44.1 Å². The van der Waals surface area contributed by atoms with Crippen molar-refractivity contribution in [3.8, 4) is 0 Å². The number of rotatable bonds is 10. The molecule has 0 aliphatic heterocycles. The van der Waals surface area contributed by atoms with Crippen LogP contribution in [0.15, 0.2) is 24.3 Å². The van der Waals surface area contributed by atoms with Crippen LogP contribution >= 0.6 is 11.6 Å². The number of hydrogen-bond donors (Lipinski definition) is 1. The number of hydrogen-bond acceptors (Lipinski definition) is 3. The maximum absolute atomic E-state index is 6.32. The highest BCUT2D eigenvalue weighted by molar-refractivity contribution is 6.31. The van der Waals surface area contributed by atoms with E-state index in [1.165, 1.54) is 5.56 Å². The van der Waals surface area contributed by atoms with Crippen molar-refractivity contribution in [3.05, 3.63) is 34.9 Å². The summed E-state index contributed by atoms with van der Waals surface area (Å²) in [7, 11) is 3.87. The summed E-state index contributed by atoms with van der Waals surface area (Å²) in [5, 5.41) is 4.44. The highest BCUT2D eigenvalue weighted by Gasteiger charge is 2.14. The van der Waals surface area contributed by atoms with E-state index >= 15 is 0 Å². The lowest BCUT2D eigenvalue weighted by molar-refractivity contribution is 0.158. The molecule has 3 nitrogen and oxygen atoms in total. The third-order valence-electron chi connectivity index (χ3n) is 3.40. The molecule has 1 rings (SSSR count). The van der Waals surface area contributed by atoms with Crippen molar-refractivity contribution in [1.82, 2.24) is 10.2 Å². The fraction of sp³-hybridized carbons (Fsp3) is 0.625. The van der Waals surface area contributed by atoms with E-state index in [0.29, 0.717) is 6.04 Å². The van der Waals surface area contributed by atoms with E-state index in [9.17, 15) is 0 Å². The number of nitrogens with one attached hydrogen (secondary N) is 1. The second-order valence-corrected chi connectivity index (χ2v) is 5.52. The van der Waals surface area contributed by atoms with Crippen molar-refractivity contribution in [2.45, 2.75) is 25.8 Å². The van der Waals surface area contributed by atoms with Gasteiger partial charge in [0.25, 0.3) is 0 Å². The quantitative estimate of drug-likeness (QED) is 0.717. The monoisotopic (exact) mass is 298 g/mol. The molecule has 1 N–H and O–H groups in total. The molecular formula is C16H27ClN2O. The van der Waals surface area contributed by atoms with Gasteiger partial charge in [0.1, 0.15) is 0 Å². The number of nitrogens with zero attached hydrogens (tertiary/aromatic N) is 1. The molecular weight excluding hydrogens is 272 g/mol. The van der Waals surface area contributed by atoms with E-state index in [4.69, 9.17) is 16.3 Å². The zero-order valence-electron chi connectivity index (χ0n) is 12.9. The summed E-state index contributed by atoms with van der Waals surface area (Å²) >= 11 is 6.32. The Morgan fingerprint density at radius 2 is 2.05 bits per heavy atom. The van der Waals surface area contributed by atoms with Gasteiger partial charge in [0.15, 0.2) is 0 Å². The first-order valence-corrected chi connectivity index (χ1v) is 7.72. The molecule has 0 heterocycles. The van der Waals surface area contributed by atoms with E-state index in [-0.39, 0.29) is 0 Å². The van der Waals surface area contributed by atoms with E-state index in [1.54, 1.807) is 7.11 Å². The third kappa shape index (κ3) is 6.23. The molecule has 1 atom stereocenters. The van der Waals surface area contributed by atoms with Gasteiger partial charge in [0.2, 0.25) is 0 Å². The van der Waals surface area contributed by atoms with Crippen LogP contribution in [0.4, 0.5) is 0 Å². The number of benzene rings is 1. The summed E-state index contributed by atoms with van der Waals surface area (Å²) in [6, 6.07) is 8.43. The zero-order chi connectivity index (χ0) is 14.8. The lowest BCUT2D eigenvalue weighted by Gasteiger charge is -2.23. The minimum absolute atomic E-state index is 0.314. The van der Waals surface area contributed by atoms with Gasteiger partial charge in [-0.25, -0.2) is 0 Å². The van der Waals surface area contributed by atoms with Crippen molar-refractivity contribution >= 4 is 11.6 Å². The van der Waals surface area contributed by atoms with Gasteiger partial charge in [-0.05, 0) is 44.6 Å². The Balaban J connectivity index is 2.58. The minimum Gasteiger partial charge on any atom is -0.383 e.